The molecule has 1 aromatic carbocycles. The highest BCUT2D eigenvalue weighted by molar-refractivity contribution is 6.30. The quantitative estimate of drug-likeness (QED) is 0.632. The van der Waals surface area contributed by atoms with E-state index in [0.717, 1.165) is 5.02 Å². The van der Waals surface area contributed by atoms with Crippen LogP contribution in [0.5, 0.6) is 0 Å². The summed E-state index contributed by atoms with van der Waals surface area (Å²) in [4.78, 5) is 0. The molecule has 0 saturated carbocycles. The van der Waals surface area contributed by atoms with Gasteiger partial charge in [0.1, 0.15) is 0 Å². The van der Waals surface area contributed by atoms with Crippen molar-refractivity contribution in [2.45, 2.75) is 26.2 Å². The third kappa shape index (κ3) is 2.62. The van der Waals surface area contributed by atoms with Crippen LogP contribution < -0.4 is 0 Å². The van der Waals surface area contributed by atoms with E-state index in [1.54, 1.807) is 0 Å². The van der Waals surface area contributed by atoms with Crippen molar-refractivity contribution >= 4 is 11.6 Å². The van der Waals surface area contributed by atoms with Crippen LogP contribution in [0, 0.1) is 5.92 Å². The summed E-state index contributed by atoms with van der Waals surface area (Å²) in [6.45, 7) is 8.35. The van der Waals surface area contributed by atoms with Crippen molar-refractivity contribution in [3.63, 3.8) is 0 Å². The monoisotopic (exact) mass is 208 g/mol. The van der Waals surface area contributed by atoms with Crippen LogP contribution in [0.15, 0.2) is 36.9 Å². The lowest BCUT2D eigenvalue weighted by Gasteiger charge is -2.19. The van der Waals surface area contributed by atoms with Gasteiger partial charge in [-0.05, 0) is 23.6 Å². The van der Waals surface area contributed by atoms with E-state index in [1.165, 1.54) is 12.0 Å². The lowest BCUT2D eigenvalue weighted by atomic mass is 9.86. The van der Waals surface area contributed by atoms with Crippen LogP contribution in [0.4, 0.5) is 0 Å². The van der Waals surface area contributed by atoms with Gasteiger partial charge in [0.25, 0.3) is 0 Å². The first-order chi connectivity index (χ1) is 6.69. The molecule has 0 bridgehead atoms. The lowest BCUT2D eigenvalue weighted by molar-refractivity contribution is 0.507. The van der Waals surface area contributed by atoms with Gasteiger partial charge >= 0.3 is 0 Å². The van der Waals surface area contributed by atoms with Gasteiger partial charge in [-0.25, -0.2) is 0 Å². The zero-order chi connectivity index (χ0) is 10.6. The molecule has 76 valence electrons. The summed E-state index contributed by atoms with van der Waals surface area (Å²) in [5.74, 6) is 1.07. The number of benzene rings is 1. The third-order valence-electron chi connectivity index (χ3n) is 2.77. The Morgan fingerprint density at radius 3 is 2.36 bits per heavy atom. The SMILES string of the molecule is C=C[C@H](c1ccc(Cl)cc1)[C@@H](C)CC. The summed E-state index contributed by atoms with van der Waals surface area (Å²) in [7, 11) is 0. The number of allylic oxidation sites excluding steroid dienone is 1. The van der Waals surface area contributed by atoms with Crippen LogP contribution >= 0.6 is 11.6 Å². The van der Waals surface area contributed by atoms with E-state index < -0.39 is 0 Å². The zero-order valence-corrected chi connectivity index (χ0v) is 9.59. The van der Waals surface area contributed by atoms with E-state index >= 15 is 0 Å². The topological polar surface area (TPSA) is 0 Å². The Hall–Kier alpha value is -0.750. The number of hydrogen-bond acceptors (Lipinski definition) is 0. The van der Waals surface area contributed by atoms with Gasteiger partial charge in [-0.15, -0.1) is 6.58 Å². The van der Waals surface area contributed by atoms with Gasteiger partial charge in [0.2, 0.25) is 0 Å². The Morgan fingerprint density at radius 2 is 1.93 bits per heavy atom. The Morgan fingerprint density at radius 1 is 1.36 bits per heavy atom. The smallest absolute Gasteiger partial charge is 0.0406 e. The van der Waals surface area contributed by atoms with Crippen LogP contribution in [0.25, 0.3) is 0 Å². The summed E-state index contributed by atoms with van der Waals surface area (Å²) in [5, 5.41) is 0.792. The first kappa shape index (κ1) is 11.3. The molecule has 0 fully saturated rings. The Balaban J connectivity index is 2.89. The minimum Gasteiger partial charge on any atom is -0.102 e. The van der Waals surface area contributed by atoms with Crippen molar-refractivity contribution in [1.29, 1.82) is 0 Å². The average molecular weight is 209 g/mol. The average Bonchev–Trinajstić information content (AvgIpc) is 2.21. The first-order valence-electron chi connectivity index (χ1n) is 5.07. The van der Waals surface area contributed by atoms with Crippen molar-refractivity contribution in [3.8, 4) is 0 Å². The van der Waals surface area contributed by atoms with Gasteiger partial charge in [0, 0.05) is 10.9 Å². The number of hydrogen-bond donors (Lipinski definition) is 0. The van der Waals surface area contributed by atoms with Gasteiger partial charge in [-0.1, -0.05) is 50.1 Å². The molecule has 1 heteroatoms. The van der Waals surface area contributed by atoms with Crippen molar-refractivity contribution in [2.24, 2.45) is 5.92 Å². The van der Waals surface area contributed by atoms with E-state index in [1.807, 2.05) is 18.2 Å². The van der Waals surface area contributed by atoms with E-state index in [9.17, 15) is 0 Å². The van der Waals surface area contributed by atoms with Crippen molar-refractivity contribution in [3.05, 3.63) is 47.5 Å². The molecule has 0 heterocycles. The molecule has 1 aromatic rings. The highest BCUT2D eigenvalue weighted by Crippen LogP contribution is 2.28. The summed E-state index contributed by atoms with van der Waals surface area (Å²) < 4.78 is 0. The van der Waals surface area contributed by atoms with Crippen LogP contribution in [0.2, 0.25) is 5.02 Å². The van der Waals surface area contributed by atoms with Crippen molar-refractivity contribution < 1.29 is 0 Å². The van der Waals surface area contributed by atoms with E-state index in [0.29, 0.717) is 11.8 Å². The fourth-order valence-corrected chi connectivity index (χ4v) is 1.76. The van der Waals surface area contributed by atoms with Gasteiger partial charge in [0.05, 0.1) is 0 Å². The Labute approximate surface area is 91.6 Å². The molecule has 0 spiro atoms. The maximum atomic E-state index is 5.85. The second-order valence-electron chi connectivity index (χ2n) is 3.70. The molecule has 14 heavy (non-hydrogen) atoms. The second kappa shape index (κ2) is 5.21. The second-order valence-corrected chi connectivity index (χ2v) is 4.14. The van der Waals surface area contributed by atoms with Crippen molar-refractivity contribution in [1.82, 2.24) is 0 Å². The predicted octanol–water partition coefficient (Wildman–Crippen LogP) is 4.66. The normalized spacial score (nSPS) is 14.8. The van der Waals surface area contributed by atoms with Gasteiger partial charge < -0.3 is 0 Å². The van der Waals surface area contributed by atoms with E-state index in [-0.39, 0.29) is 0 Å². The molecule has 0 aliphatic heterocycles. The minimum absolute atomic E-state index is 0.442. The number of rotatable bonds is 4. The fourth-order valence-electron chi connectivity index (χ4n) is 1.64. The van der Waals surface area contributed by atoms with Crippen molar-refractivity contribution in [2.75, 3.05) is 0 Å². The summed E-state index contributed by atoms with van der Waals surface area (Å²) in [6, 6.07) is 8.05. The Bertz CT molecular complexity index is 287. The van der Waals surface area contributed by atoms with Gasteiger partial charge in [-0.3, -0.25) is 0 Å². The molecule has 0 aromatic heterocycles. The fraction of sp³-hybridized carbons (Fsp3) is 0.385. The molecule has 0 aliphatic carbocycles. The van der Waals surface area contributed by atoms with Gasteiger partial charge in [0.15, 0.2) is 0 Å². The van der Waals surface area contributed by atoms with E-state index in [2.05, 4.69) is 32.6 Å². The van der Waals surface area contributed by atoms with Crippen LogP contribution in [-0.4, -0.2) is 0 Å². The summed E-state index contributed by atoms with van der Waals surface area (Å²) in [5.41, 5.74) is 1.30. The molecule has 0 aliphatic rings. The molecule has 1 rings (SSSR count). The first-order valence-corrected chi connectivity index (χ1v) is 5.44. The molecule has 0 radical (unpaired) electrons. The predicted molar refractivity (Wildman–Crippen MR) is 63.8 cm³/mol. The van der Waals surface area contributed by atoms with Crippen LogP contribution in [-0.2, 0) is 0 Å². The molecular formula is C13H17Cl. The highest BCUT2D eigenvalue weighted by atomic mass is 35.5. The summed E-state index contributed by atoms with van der Waals surface area (Å²) >= 11 is 5.85. The molecular weight excluding hydrogens is 192 g/mol. The molecule has 0 N–H and O–H groups in total. The minimum atomic E-state index is 0.442. The van der Waals surface area contributed by atoms with Gasteiger partial charge in [-0.2, -0.15) is 0 Å². The molecule has 0 saturated heterocycles. The van der Waals surface area contributed by atoms with E-state index in [4.69, 9.17) is 11.6 Å². The molecule has 2 atom stereocenters. The highest BCUT2D eigenvalue weighted by Gasteiger charge is 2.13. The maximum Gasteiger partial charge on any atom is 0.0406 e. The maximum absolute atomic E-state index is 5.85. The number of halogens is 1. The third-order valence-corrected chi connectivity index (χ3v) is 3.02. The van der Waals surface area contributed by atoms with Crippen LogP contribution in [0.3, 0.4) is 0 Å². The molecule has 0 unspecified atom stereocenters. The van der Waals surface area contributed by atoms with Crippen LogP contribution in [0.1, 0.15) is 31.7 Å². The largest absolute Gasteiger partial charge is 0.102 e. The lowest BCUT2D eigenvalue weighted by Crippen LogP contribution is -2.05. The molecule has 0 amide bonds. The molecule has 0 nitrogen and oxygen atoms in total. The Kier molecular flexibility index (Phi) is 4.21. The summed E-state index contributed by atoms with van der Waals surface area (Å²) in [6.07, 6.45) is 3.19. The standard InChI is InChI=1S/C13H17Cl/c1-4-10(3)13(5-2)11-6-8-12(14)9-7-11/h5-10,13H,2,4H2,1,3H3/t10-,13-/m0/s1. The zero-order valence-electron chi connectivity index (χ0n) is 8.83.